The minimum atomic E-state index is -3.76. The number of sulfonamides is 1. The van der Waals surface area contributed by atoms with Gasteiger partial charge in [0.25, 0.3) is 10.0 Å². The van der Waals surface area contributed by atoms with Crippen molar-refractivity contribution in [2.24, 2.45) is 5.14 Å². The highest BCUT2D eigenvalue weighted by atomic mass is 32.2. The Bertz CT molecular complexity index is 619. The van der Waals surface area contributed by atoms with Crippen LogP contribution in [0.4, 0.5) is 0 Å². The molecule has 0 spiro atoms. The third-order valence-electron chi connectivity index (χ3n) is 2.01. The Hall–Kier alpha value is -1.05. The van der Waals surface area contributed by atoms with Crippen molar-refractivity contribution in [3.63, 3.8) is 0 Å². The Morgan fingerprint density at radius 2 is 2.25 bits per heavy atom. The lowest BCUT2D eigenvalue weighted by molar-refractivity contribution is 0.590. The van der Waals surface area contributed by atoms with Gasteiger partial charge in [-0.2, -0.15) is 0 Å². The molecule has 0 aliphatic heterocycles. The summed E-state index contributed by atoms with van der Waals surface area (Å²) < 4.78 is 24.5. The van der Waals surface area contributed by atoms with Gasteiger partial charge in [-0.15, -0.1) is 11.8 Å². The Labute approximate surface area is 97.7 Å². The Balaban J connectivity index is 2.80. The lowest BCUT2D eigenvalue weighted by Gasteiger charge is -2.00. The van der Waals surface area contributed by atoms with E-state index in [2.05, 4.69) is 4.98 Å². The van der Waals surface area contributed by atoms with Crippen molar-refractivity contribution in [3.8, 4) is 0 Å². The van der Waals surface area contributed by atoms with E-state index in [0.29, 0.717) is 10.7 Å². The predicted octanol–water partition coefficient (Wildman–Crippen LogP) is 1.09. The summed E-state index contributed by atoms with van der Waals surface area (Å²) in [5.74, 6) is 0.742. The van der Waals surface area contributed by atoms with Crippen LogP contribution in [0.25, 0.3) is 5.65 Å². The van der Waals surface area contributed by atoms with Crippen LogP contribution in [-0.2, 0) is 10.0 Å². The van der Waals surface area contributed by atoms with Gasteiger partial charge < -0.3 is 0 Å². The maximum atomic E-state index is 11.5. The van der Waals surface area contributed by atoms with Crippen LogP contribution in [0.5, 0.6) is 0 Å². The van der Waals surface area contributed by atoms with Gasteiger partial charge >= 0.3 is 0 Å². The number of rotatable bonds is 3. The van der Waals surface area contributed by atoms with Crippen molar-refractivity contribution in [2.75, 3.05) is 5.75 Å². The predicted molar refractivity (Wildman–Crippen MR) is 63.0 cm³/mol. The van der Waals surface area contributed by atoms with E-state index in [9.17, 15) is 8.42 Å². The zero-order chi connectivity index (χ0) is 11.8. The molecule has 2 rings (SSSR count). The molecule has 5 nitrogen and oxygen atoms in total. The molecule has 0 saturated carbocycles. The smallest absolute Gasteiger partial charge is 0.256 e. The highest BCUT2D eigenvalue weighted by Crippen LogP contribution is 2.25. The number of pyridine rings is 1. The second-order valence-electron chi connectivity index (χ2n) is 3.13. The fourth-order valence-corrected chi connectivity index (χ4v) is 3.34. The minimum Gasteiger partial charge on any atom is -0.288 e. The van der Waals surface area contributed by atoms with Gasteiger partial charge in [0.1, 0.15) is 10.7 Å². The summed E-state index contributed by atoms with van der Waals surface area (Å²) in [6, 6.07) is 5.29. The molecule has 0 amide bonds. The highest BCUT2D eigenvalue weighted by molar-refractivity contribution is 8.00. The van der Waals surface area contributed by atoms with Crippen LogP contribution in [0.3, 0.4) is 0 Å². The molecule has 2 heterocycles. The summed E-state index contributed by atoms with van der Waals surface area (Å²) in [6.45, 7) is 1.93. The normalized spacial score (nSPS) is 12.1. The van der Waals surface area contributed by atoms with Crippen molar-refractivity contribution in [1.29, 1.82) is 0 Å². The first-order valence-electron chi connectivity index (χ1n) is 4.66. The maximum absolute atomic E-state index is 11.5. The zero-order valence-electron chi connectivity index (χ0n) is 8.62. The molecule has 0 aliphatic rings. The molecule has 2 aromatic rings. The van der Waals surface area contributed by atoms with Gasteiger partial charge in [-0.3, -0.25) is 4.40 Å². The molecule has 0 fully saturated rings. The Kier molecular flexibility index (Phi) is 2.92. The monoisotopic (exact) mass is 257 g/mol. The van der Waals surface area contributed by atoms with E-state index in [-0.39, 0.29) is 5.03 Å². The summed E-state index contributed by atoms with van der Waals surface area (Å²) in [4.78, 5) is 4.24. The van der Waals surface area contributed by atoms with E-state index in [1.54, 1.807) is 24.4 Å². The van der Waals surface area contributed by atoms with Crippen LogP contribution >= 0.6 is 11.8 Å². The fraction of sp³-hybridized carbons (Fsp3) is 0.222. The first-order valence-corrected chi connectivity index (χ1v) is 7.20. The molecule has 0 saturated heterocycles. The highest BCUT2D eigenvalue weighted by Gasteiger charge is 2.21. The Morgan fingerprint density at radius 1 is 1.50 bits per heavy atom. The van der Waals surface area contributed by atoms with Crippen LogP contribution in [0.1, 0.15) is 6.92 Å². The largest absolute Gasteiger partial charge is 0.288 e. The van der Waals surface area contributed by atoms with Gasteiger partial charge in [-0.25, -0.2) is 18.5 Å². The first kappa shape index (κ1) is 11.4. The summed E-state index contributed by atoms with van der Waals surface area (Å²) >= 11 is 1.36. The second kappa shape index (κ2) is 4.08. The molecule has 0 bridgehead atoms. The summed E-state index contributed by atoms with van der Waals surface area (Å²) in [6.07, 6.45) is 1.64. The third kappa shape index (κ3) is 1.93. The van der Waals surface area contributed by atoms with Crippen LogP contribution < -0.4 is 5.14 Å². The van der Waals surface area contributed by atoms with Gasteiger partial charge in [0.05, 0.1) is 0 Å². The number of nitrogens with zero attached hydrogens (tertiary/aromatic N) is 2. The van der Waals surface area contributed by atoms with Gasteiger partial charge in [-0.1, -0.05) is 13.0 Å². The number of fused-ring (bicyclic) bond motifs is 1. The zero-order valence-corrected chi connectivity index (χ0v) is 10.3. The molecule has 2 aromatic heterocycles. The maximum Gasteiger partial charge on any atom is 0.256 e. The van der Waals surface area contributed by atoms with E-state index in [1.165, 1.54) is 16.2 Å². The number of nitrogens with two attached hydrogens (primary N) is 1. The second-order valence-corrected chi connectivity index (χ2v) is 5.86. The molecule has 0 aromatic carbocycles. The SMILES string of the molecule is CCSc1nc2ccccn2c1S(N)(=O)=O. The summed E-state index contributed by atoms with van der Waals surface area (Å²) in [5, 5.41) is 5.72. The molecule has 86 valence electrons. The van der Waals surface area contributed by atoms with Crippen LogP contribution in [0.2, 0.25) is 0 Å². The summed E-state index contributed by atoms with van der Waals surface area (Å²) in [7, 11) is -3.76. The van der Waals surface area contributed by atoms with E-state index >= 15 is 0 Å². The molecule has 2 N–H and O–H groups in total. The molecular formula is C9H11N3O2S2. The van der Waals surface area contributed by atoms with Gasteiger partial charge in [0, 0.05) is 6.20 Å². The summed E-state index contributed by atoms with van der Waals surface area (Å²) in [5.41, 5.74) is 0.586. The van der Waals surface area contributed by atoms with Gasteiger partial charge in [0.2, 0.25) is 0 Å². The number of hydrogen-bond acceptors (Lipinski definition) is 4. The van der Waals surface area contributed by atoms with Crippen LogP contribution in [-0.4, -0.2) is 23.6 Å². The van der Waals surface area contributed by atoms with Crippen LogP contribution in [0.15, 0.2) is 34.4 Å². The quantitative estimate of drug-likeness (QED) is 0.835. The first-order chi connectivity index (χ1) is 7.54. The average Bonchev–Trinajstić information content (AvgIpc) is 2.55. The molecule has 0 atom stereocenters. The average molecular weight is 257 g/mol. The molecule has 0 radical (unpaired) electrons. The molecule has 7 heteroatoms. The van der Waals surface area contributed by atoms with Crippen molar-refractivity contribution in [1.82, 2.24) is 9.38 Å². The standard InChI is InChI=1S/C9H11N3O2S2/c1-2-15-8-9(16(10,13)14)12-6-4-3-5-7(12)11-8/h3-6H,2H2,1H3,(H2,10,13,14). The number of aromatic nitrogens is 2. The van der Waals surface area contributed by atoms with Crippen molar-refractivity contribution < 1.29 is 8.42 Å². The van der Waals surface area contributed by atoms with Crippen LogP contribution in [0, 0.1) is 0 Å². The molecule has 0 aliphatic carbocycles. The Morgan fingerprint density at radius 3 is 2.88 bits per heavy atom. The van der Waals surface area contributed by atoms with E-state index in [0.717, 1.165) is 5.75 Å². The van der Waals surface area contributed by atoms with E-state index < -0.39 is 10.0 Å². The van der Waals surface area contributed by atoms with Gasteiger partial charge in [-0.05, 0) is 17.9 Å². The molecule has 0 unspecified atom stereocenters. The topological polar surface area (TPSA) is 77.5 Å². The molecular weight excluding hydrogens is 246 g/mol. The minimum absolute atomic E-state index is 0.0648. The fourth-order valence-electron chi connectivity index (χ4n) is 1.44. The van der Waals surface area contributed by atoms with Crippen molar-refractivity contribution in [3.05, 3.63) is 24.4 Å². The third-order valence-corrected chi connectivity index (χ3v) is 3.91. The van der Waals surface area contributed by atoms with E-state index in [4.69, 9.17) is 5.14 Å². The van der Waals surface area contributed by atoms with Crippen molar-refractivity contribution >= 4 is 27.4 Å². The number of thioether (sulfide) groups is 1. The molecule has 16 heavy (non-hydrogen) atoms. The number of imidazole rings is 1. The van der Waals surface area contributed by atoms with Crippen molar-refractivity contribution in [2.45, 2.75) is 17.0 Å². The van der Waals surface area contributed by atoms with Gasteiger partial charge in [0.15, 0.2) is 5.03 Å². The lowest BCUT2D eigenvalue weighted by Crippen LogP contribution is -2.15. The lowest BCUT2D eigenvalue weighted by atomic mass is 10.5. The number of primary sulfonamides is 1. The van der Waals surface area contributed by atoms with E-state index in [1.807, 2.05) is 6.92 Å². The number of hydrogen-bond donors (Lipinski definition) is 1.